The lowest BCUT2D eigenvalue weighted by atomic mass is 9.88. The van der Waals surface area contributed by atoms with Crippen molar-refractivity contribution in [3.63, 3.8) is 0 Å². The molecule has 0 atom stereocenters. The van der Waals surface area contributed by atoms with Gasteiger partial charge in [0.2, 0.25) is 5.91 Å². The molecular formula is C33H51NO11. The van der Waals surface area contributed by atoms with Crippen LogP contribution in [-0.4, -0.2) is 79.2 Å². The highest BCUT2D eigenvalue weighted by molar-refractivity contribution is 5.89. The fourth-order valence-corrected chi connectivity index (χ4v) is 2.77. The van der Waals surface area contributed by atoms with Crippen LogP contribution < -0.4 is 5.32 Å². The van der Waals surface area contributed by atoms with E-state index in [2.05, 4.69) is 42.9 Å². The van der Waals surface area contributed by atoms with Crippen molar-refractivity contribution in [2.24, 2.45) is 5.41 Å². The first kappa shape index (κ1) is 45.1. The van der Waals surface area contributed by atoms with Crippen molar-refractivity contribution in [2.75, 3.05) is 33.0 Å². The van der Waals surface area contributed by atoms with Crippen LogP contribution in [0.25, 0.3) is 0 Å². The van der Waals surface area contributed by atoms with Gasteiger partial charge in [-0.15, -0.1) is 0 Å². The van der Waals surface area contributed by atoms with Crippen LogP contribution in [0.1, 0.15) is 68.2 Å². The van der Waals surface area contributed by atoms with E-state index in [0.29, 0.717) is 18.4 Å². The van der Waals surface area contributed by atoms with E-state index in [0.717, 1.165) is 0 Å². The van der Waals surface area contributed by atoms with Crippen molar-refractivity contribution in [3.05, 3.63) is 61.3 Å². The molecule has 12 nitrogen and oxygen atoms in total. The maximum atomic E-state index is 11.6. The Labute approximate surface area is 267 Å². The first-order valence-electron chi connectivity index (χ1n) is 14.0. The minimum atomic E-state index is -0.860. The number of ketones is 1. The molecule has 0 rings (SSSR count). The lowest BCUT2D eigenvalue weighted by Gasteiger charge is -2.31. The van der Waals surface area contributed by atoms with Gasteiger partial charge in [-0.1, -0.05) is 39.8 Å². The van der Waals surface area contributed by atoms with Gasteiger partial charge in [0, 0.05) is 34.3 Å². The summed E-state index contributed by atoms with van der Waals surface area (Å²) in [5.74, 6) is -2.34. The number of amides is 1. The predicted molar refractivity (Wildman–Crippen MR) is 171 cm³/mol. The smallest absolute Gasteiger partial charge is 0.333 e. The molecule has 0 aliphatic heterocycles. The molecule has 0 aromatic rings. The van der Waals surface area contributed by atoms with Crippen LogP contribution in [0.4, 0.5) is 0 Å². The minimum absolute atomic E-state index is 0.0473. The average Bonchev–Trinajstić information content (AvgIpc) is 2.94. The summed E-state index contributed by atoms with van der Waals surface area (Å²) >= 11 is 0. The number of carbonyl (C=O) groups is 6. The van der Waals surface area contributed by atoms with Crippen molar-refractivity contribution in [3.8, 4) is 0 Å². The molecule has 45 heavy (non-hydrogen) atoms. The molecule has 0 spiro atoms. The van der Waals surface area contributed by atoms with Crippen molar-refractivity contribution in [1.82, 2.24) is 5.32 Å². The lowest BCUT2D eigenvalue weighted by Crippen LogP contribution is -2.43. The molecule has 0 aromatic heterocycles. The molecule has 0 heterocycles. The van der Waals surface area contributed by atoms with Gasteiger partial charge in [0.15, 0.2) is 0 Å². The van der Waals surface area contributed by atoms with E-state index in [4.69, 9.17) is 19.3 Å². The van der Waals surface area contributed by atoms with Gasteiger partial charge < -0.3 is 29.4 Å². The van der Waals surface area contributed by atoms with Crippen LogP contribution in [0.5, 0.6) is 0 Å². The van der Waals surface area contributed by atoms with E-state index >= 15 is 0 Å². The molecule has 0 aromatic carbocycles. The number of carbonyl (C=O) groups excluding carboxylic acids is 6. The van der Waals surface area contributed by atoms with Crippen molar-refractivity contribution >= 4 is 35.6 Å². The molecule has 0 bridgehead atoms. The molecule has 0 saturated carbocycles. The maximum absolute atomic E-state index is 11.6. The number of aliphatic hydroxyl groups excluding tert-OH is 1. The molecule has 0 unspecified atom stereocenters. The average molecular weight is 638 g/mol. The number of rotatable bonds is 17. The minimum Gasteiger partial charge on any atom is -0.461 e. The SMILES string of the molecule is C=C(C)C(=O)OCC(CC)(COC(=O)C(=C)C)COC(=O)C(=C)C.C=C(C)C(=O)OCCO.C=CC(=O)NC(C)(C)CC(C)=O. The third-order valence-electron chi connectivity index (χ3n) is 5.33. The molecule has 2 N–H and O–H groups in total. The fraction of sp³-hybridized carbons (Fsp3) is 0.515. The lowest BCUT2D eigenvalue weighted by molar-refractivity contribution is -0.157. The zero-order chi connectivity index (χ0) is 36.0. The molecule has 0 saturated heterocycles. The Kier molecular flexibility index (Phi) is 23.2. The molecule has 1 amide bonds. The number of Topliss-reactive ketones (excluding diaryl/α,β-unsaturated/α-hetero) is 1. The van der Waals surface area contributed by atoms with E-state index in [-0.39, 0.29) is 61.4 Å². The van der Waals surface area contributed by atoms with Gasteiger partial charge in [0.1, 0.15) is 32.2 Å². The summed E-state index contributed by atoms with van der Waals surface area (Å²) in [6.07, 6.45) is 1.98. The summed E-state index contributed by atoms with van der Waals surface area (Å²) in [6, 6.07) is 0. The predicted octanol–water partition coefficient (Wildman–Crippen LogP) is 3.89. The summed E-state index contributed by atoms with van der Waals surface area (Å²) in [4.78, 5) is 67.0. The third kappa shape index (κ3) is 23.8. The second kappa shape index (κ2) is 23.1. The molecule has 0 fully saturated rings. The Morgan fingerprint density at radius 2 is 1.02 bits per heavy atom. The summed E-state index contributed by atoms with van der Waals surface area (Å²) in [6.45, 7) is 29.9. The highest BCUT2D eigenvalue weighted by Crippen LogP contribution is 2.25. The standard InChI is InChI=1S/C18H26O6.C9H15NO2.C6H10O3/c1-8-18(9-22-15(19)12(2)3,10-23-16(20)13(4)5)11-24-17(21)14(6)7;1-5-8(12)10-9(3,4)6-7(2)11;1-5(2)6(8)9-4-3-7/h2,4,6,8-11H2,1,3,5,7H3;5H,1,6H2,2-4H3,(H,10,12);7H,1,3-4H2,2H3. The van der Waals surface area contributed by atoms with Crippen LogP contribution in [0.3, 0.4) is 0 Å². The molecule has 0 aliphatic carbocycles. The van der Waals surface area contributed by atoms with Crippen LogP contribution in [0.15, 0.2) is 61.3 Å². The number of hydrogen-bond donors (Lipinski definition) is 2. The van der Waals surface area contributed by atoms with Crippen molar-refractivity contribution in [1.29, 1.82) is 0 Å². The quantitative estimate of drug-likeness (QED) is 0.135. The van der Waals surface area contributed by atoms with Crippen LogP contribution in [0.2, 0.25) is 0 Å². The fourth-order valence-electron chi connectivity index (χ4n) is 2.77. The van der Waals surface area contributed by atoms with Gasteiger partial charge in [-0.3, -0.25) is 9.59 Å². The normalized spacial score (nSPS) is 10.2. The number of esters is 4. The monoisotopic (exact) mass is 637 g/mol. The summed E-state index contributed by atoms with van der Waals surface area (Å²) < 4.78 is 20.0. The van der Waals surface area contributed by atoms with Crippen LogP contribution in [0, 0.1) is 5.41 Å². The van der Waals surface area contributed by atoms with E-state index in [1.807, 2.05) is 6.92 Å². The van der Waals surface area contributed by atoms with Gasteiger partial charge >= 0.3 is 23.9 Å². The zero-order valence-corrected chi connectivity index (χ0v) is 28.1. The number of nitrogens with one attached hydrogen (secondary N) is 1. The van der Waals surface area contributed by atoms with Crippen molar-refractivity contribution < 1.29 is 52.8 Å². The van der Waals surface area contributed by atoms with E-state index in [1.165, 1.54) is 33.8 Å². The number of hydrogen-bond acceptors (Lipinski definition) is 11. The van der Waals surface area contributed by atoms with E-state index in [1.54, 1.807) is 20.8 Å². The Hall–Kier alpha value is -4.32. The van der Waals surface area contributed by atoms with Gasteiger partial charge in [0.05, 0.1) is 12.0 Å². The van der Waals surface area contributed by atoms with Crippen LogP contribution >= 0.6 is 0 Å². The highest BCUT2D eigenvalue weighted by atomic mass is 16.6. The first-order chi connectivity index (χ1) is 20.6. The summed E-state index contributed by atoms with van der Waals surface area (Å²) in [7, 11) is 0. The zero-order valence-electron chi connectivity index (χ0n) is 28.1. The van der Waals surface area contributed by atoms with Crippen LogP contribution in [-0.2, 0) is 47.7 Å². The van der Waals surface area contributed by atoms with Gasteiger partial charge in [-0.05, 0) is 61.0 Å². The Morgan fingerprint density at radius 1 is 0.689 bits per heavy atom. The maximum Gasteiger partial charge on any atom is 0.333 e. The van der Waals surface area contributed by atoms with Gasteiger partial charge in [0.25, 0.3) is 0 Å². The second-order valence-corrected chi connectivity index (χ2v) is 11.0. The highest BCUT2D eigenvalue weighted by Gasteiger charge is 2.34. The molecule has 12 heteroatoms. The molecular weight excluding hydrogens is 586 g/mol. The molecule has 0 aliphatic rings. The van der Waals surface area contributed by atoms with E-state index < -0.39 is 34.8 Å². The summed E-state index contributed by atoms with van der Waals surface area (Å²) in [5.41, 5.74) is -0.240. The number of ether oxygens (including phenoxy) is 4. The van der Waals surface area contributed by atoms with Crippen molar-refractivity contribution in [2.45, 2.75) is 73.8 Å². The Bertz CT molecular complexity index is 1040. The first-order valence-corrected chi connectivity index (χ1v) is 14.0. The Balaban J connectivity index is -0.000000693. The Morgan fingerprint density at radius 3 is 1.27 bits per heavy atom. The van der Waals surface area contributed by atoms with E-state index in [9.17, 15) is 28.8 Å². The topological polar surface area (TPSA) is 172 Å². The molecule has 0 radical (unpaired) electrons. The second-order valence-electron chi connectivity index (χ2n) is 11.0. The van der Waals surface area contributed by atoms with Gasteiger partial charge in [-0.25, -0.2) is 19.2 Å². The number of aliphatic hydroxyl groups is 1. The van der Waals surface area contributed by atoms with Gasteiger partial charge in [-0.2, -0.15) is 0 Å². The largest absolute Gasteiger partial charge is 0.461 e. The summed E-state index contributed by atoms with van der Waals surface area (Å²) in [5, 5.41) is 10.8. The molecule has 254 valence electrons. The third-order valence-corrected chi connectivity index (χ3v) is 5.33.